The van der Waals surface area contributed by atoms with Crippen molar-refractivity contribution < 1.29 is 27.8 Å². The van der Waals surface area contributed by atoms with E-state index in [0.29, 0.717) is 17.7 Å². The highest BCUT2D eigenvalue weighted by Gasteiger charge is 2.26. The van der Waals surface area contributed by atoms with Gasteiger partial charge in [0.1, 0.15) is 17.4 Å². The highest BCUT2D eigenvalue weighted by Crippen LogP contribution is 2.24. The third kappa shape index (κ3) is 7.55. The highest BCUT2D eigenvalue weighted by molar-refractivity contribution is 5.96. The Balaban J connectivity index is 2.07. The third-order valence-electron chi connectivity index (χ3n) is 4.34. The zero-order valence-corrected chi connectivity index (χ0v) is 18.1. The second kappa shape index (κ2) is 10.7. The van der Waals surface area contributed by atoms with Crippen molar-refractivity contribution in [3.8, 4) is 5.75 Å². The Hall–Kier alpha value is -3.16. The molecule has 0 aliphatic carbocycles. The molecular weight excluding hydrogens is 406 g/mol. The SMILES string of the molecule is COc1ccc([C@H](NC(=O)c2ccccc2CCNC(=O)OC(C)(C)C)C(F)F)cc1. The molecule has 0 saturated heterocycles. The molecule has 2 rings (SSSR count). The van der Waals surface area contributed by atoms with Gasteiger partial charge < -0.3 is 20.1 Å². The van der Waals surface area contributed by atoms with Crippen LogP contribution in [0.5, 0.6) is 5.75 Å². The van der Waals surface area contributed by atoms with Crippen molar-refractivity contribution in [1.29, 1.82) is 0 Å². The van der Waals surface area contributed by atoms with Gasteiger partial charge in [-0.2, -0.15) is 0 Å². The number of halogens is 2. The first-order valence-electron chi connectivity index (χ1n) is 9.88. The molecule has 0 unspecified atom stereocenters. The zero-order valence-electron chi connectivity index (χ0n) is 18.1. The van der Waals surface area contributed by atoms with Crippen molar-refractivity contribution in [2.45, 2.75) is 45.3 Å². The van der Waals surface area contributed by atoms with Gasteiger partial charge in [-0.05, 0) is 56.5 Å². The molecule has 0 aliphatic rings. The van der Waals surface area contributed by atoms with E-state index in [2.05, 4.69) is 10.6 Å². The van der Waals surface area contributed by atoms with Gasteiger partial charge in [0.05, 0.1) is 7.11 Å². The fourth-order valence-corrected chi connectivity index (χ4v) is 2.90. The number of amides is 2. The van der Waals surface area contributed by atoms with Crippen LogP contribution in [0.2, 0.25) is 0 Å². The molecule has 0 fully saturated rings. The summed E-state index contributed by atoms with van der Waals surface area (Å²) in [7, 11) is 1.48. The smallest absolute Gasteiger partial charge is 0.407 e. The summed E-state index contributed by atoms with van der Waals surface area (Å²) in [6.07, 6.45) is -3.02. The van der Waals surface area contributed by atoms with Gasteiger partial charge in [-0.15, -0.1) is 0 Å². The summed E-state index contributed by atoms with van der Waals surface area (Å²) in [6.45, 7) is 5.51. The van der Waals surface area contributed by atoms with E-state index >= 15 is 0 Å². The maximum atomic E-state index is 13.7. The van der Waals surface area contributed by atoms with Crippen molar-refractivity contribution in [2.24, 2.45) is 0 Å². The predicted octanol–water partition coefficient (Wildman–Crippen LogP) is 4.50. The molecule has 1 atom stereocenters. The average molecular weight is 434 g/mol. The molecule has 0 saturated carbocycles. The van der Waals surface area contributed by atoms with Gasteiger partial charge in [0.25, 0.3) is 12.3 Å². The number of hydrogen-bond donors (Lipinski definition) is 2. The fraction of sp³-hybridized carbons (Fsp3) is 0.391. The van der Waals surface area contributed by atoms with E-state index in [0.717, 1.165) is 0 Å². The number of ether oxygens (including phenoxy) is 2. The van der Waals surface area contributed by atoms with Crippen LogP contribution in [-0.2, 0) is 11.2 Å². The van der Waals surface area contributed by atoms with Crippen LogP contribution in [-0.4, -0.2) is 37.7 Å². The largest absolute Gasteiger partial charge is 0.497 e. The molecule has 0 spiro atoms. The summed E-state index contributed by atoms with van der Waals surface area (Å²) in [5.41, 5.74) is 0.549. The summed E-state index contributed by atoms with van der Waals surface area (Å²) in [4.78, 5) is 24.6. The van der Waals surface area contributed by atoms with E-state index in [1.807, 2.05) is 0 Å². The van der Waals surface area contributed by atoms with Crippen molar-refractivity contribution in [1.82, 2.24) is 10.6 Å². The Morgan fingerprint density at radius 2 is 1.68 bits per heavy atom. The Kier molecular flexibility index (Phi) is 8.36. The van der Waals surface area contributed by atoms with E-state index in [1.165, 1.54) is 19.2 Å². The molecular formula is C23H28F2N2O4. The second-order valence-corrected chi connectivity index (χ2v) is 7.89. The van der Waals surface area contributed by atoms with Gasteiger partial charge in [0.2, 0.25) is 0 Å². The number of alkyl carbamates (subject to hydrolysis) is 1. The number of hydrogen-bond acceptors (Lipinski definition) is 4. The molecule has 31 heavy (non-hydrogen) atoms. The van der Waals surface area contributed by atoms with Crippen LogP contribution in [0.3, 0.4) is 0 Å². The lowest BCUT2D eigenvalue weighted by atomic mass is 10.0. The van der Waals surface area contributed by atoms with Gasteiger partial charge >= 0.3 is 6.09 Å². The van der Waals surface area contributed by atoms with Gasteiger partial charge in [-0.25, -0.2) is 13.6 Å². The molecule has 8 heteroatoms. The van der Waals surface area contributed by atoms with E-state index in [-0.39, 0.29) is 17.7 Å². The Labute approximate surface area is 180 Å². The van der Waals surface area contributed by atoms with E-state index in [9.17, 15) is 18.4 Å². The van der Waals surface area contributed by atoms with Gasteiger partial charge in [-0.1, -0.05) is 30.3 Å². The minimum absolute atomic E-state index is 0.232. The maximum Gasteiger partial charge on any atom is 0.407 e. The van der Waals surface area contributed by atoms with Crippen LogP contribution in [0.15, 0.2) is 48.5 Å². The van der Waals surface area contributed by atoms with E-state index < -0.39 is 30.1 Å². The second-order valence-electron chi connectivity index (χ2n) is 7.89. The number of carbonyl (C=O) groups is 2. The van der Waals surface area contributed by atoms with Crippen LogP contribution < -0.4 is 15.4 Å². The topological polar surface area (TPSA) is 76.7 Å². The van der Waals surface area contributed by atoms with Crippen molar-refractivity contribution in [3.05, 3.63) is 65.2 Å². The Morgan fingerprint density at radius 1 is 1.03 bits per heavy atom. The first-order chi connectivity index (χ1) is 14.6. The zero-order chi connectivity index (χ0) is 23.0. The maximum absolute atomic E-state index is 13.7. The van der Waals surface area contributed by atoms with E-state index in [1.54, 1.807) is 57.2 Å². The number of carbonyl (C=O) groups excluding carboxylic acids is 2. The lowest BCUT2D eigenvalue weighted by Crippen LogP contribution is -2.35. The predicted molar refractivity (Wildman–Crippen MR) is 114 cm³/mol. The first kappa shape index (κ1) is 24.1. The van der Waals surface area contributed by atoms with Crippen LogP contribution in [0.25, 0.3) is 0 Å². The lowest BCUT2D eigenvalue weighted by molar-refractivity contribution is 0.0528. The average Bonchev–Trinajstić information content (AvgIpc) is 2.71. The molecule has 2 aromatic carbocycles. The van der Waals surface area contributed by atoms with Gasteiger partial charge in [-0.3, -0.25) is 4.79 Å². The normalized spacial score (nSPS) is 12.2. The molecule has 2 N–H and O–H groups in total. The Bertz CT molecular complexity index is 880. The van der Waals surface area contributed by atoms with Crippen LogP contribution in [0, 0.1) is 0 Å². The van der Waals surface area contributed by atoms with Crippen molar-refractivity contribution >= 4 is 12.0 Å². The monoisotopic (exact) mass is 434 g/mol. The van der Waals surface area contributed by atoms with E-state index in [4.69, 9.17) is 9.47 Å². The summed E-state index contributed by atoms with van der Waals surface area (Å²) in [6, 6.07) is 11.3. The molecule has 0 aromatic heterocycles. The molecule has 0 radical (unpaired) electrons. The summed E-state index contributed by atoms with van der Waals surface area (Å²) < 4.78 is 37.5. The van der Waals surface area contributed by atoms with Crippen LogP contribution in [0.1, 0.15) is 48.3 Å². The quantitative estimate of drug-likeness (QED) is 0.642. The standard InChI is InChI=1S/C23H28F2N2O4/c1-23(2,3)31-22(29)26-14-13-15-7-5-6-8-18(15)21(28)27-19(20(24)25)16-9-11-17(30-4)12-10-16/h5-12,19-20H,13-14H2,1-4H3,(H,26,29)(H,27,28)/t19-/m0/s1. The molecule has 6 nitrogen and oxygen atoms in total. The molecule has 0 aliphatic heterocycles. The van der Waals surface area contributed by atoms with Gasteiger partial charge in [0.15, 0.2) is 0 Å². The number of nitrogens with one attached hydrogen (secondary N) is 2. The first-order valence-corrected chi connectivity index (χ1v) is 9.88. The molecule has 2 amide bonds. The number of alkyl halides is 2. The third-order valence-corrected chi connectivity index (χ3v) is 4.34. The van der Waals surface area contributed by atoms with Crippen LogP contribution >= 0.6 is 0 Å². The van der Waals surface area contributed by atoms with Crippen molar-refractivity contribution in [2.75, 3.05) is 13.7 Å². The van der Waals surface area contributed by atoms with Crippen molar-refractivity contribution in [3.63, 3.8) is 0 Å². The summed E-state index contributed by atoms with van der Waals surface area (Å²) in [5.74, 6) is -0.0834. The molecule has 0 bridgehead atoms. The van der Waals surface area contributed by atoms with Gasteiger partial charge in [0, 0.05) is 12.1 Å². The molecule has 2 aromatic rings. The number of methoxy groups -OCH3 is 1. The minimum atomic E-state index is -2.79. The number of rotatable bonds is 8. The minimum Gasteiger partial charge on any atom is -0.497 e. The highest BCUT2D eigenvalue weighted by atomic mass is 19.3. The molecule has 168 valence electrons. The molecule has 0 heterocycles. The fourth-order valence-electron chi connectivity index (χ4n) is 2.90. The summed E-state index contributed by atoms with van der Waals surface area (Å²) >= 11 is 0. The summed E-state index contributed by atoms with van der Waals surface area (Å²) in [5, 5.41) is 5.04. The Morgan fingerprint density at radius 3 is 2.26 bits per heavy atom. The number of benzene rings is 2. The lowest BCUT2D eigenvalue weighted by Gasteiger charge is -2.20. The van der Waals surface area contributed by atoms with Crippen LogP contribution in [0.4, 0.5) is 13.6 Å².